The summed E-state index contributed by atoms with van der Waals surface area (Å²) in [6, 6.07) is 0.728. The van der Waals surface area contributed by atoms with E-state index in [4.69, 9.17) is 5.84 Å². The molecule has 2 aliphatic carbocycles. The summed E-state index contributed by atoms with van der Waals surface area (Å²) in [6.45, 7) is 1.99. The normalized spacial score (nSPS) is 18.6. The lowest BCUT2D eigenvalue weighted by Gasteiger charge is -2.21. The predicted molar refractivity (Wildman–Crippen MR) is 80.3 cm³/mol. The molecule has 0 saturated heterocycles. The Morgan fingerprint density at radius 2 is 2.14 bits per heavy atom. The molecule has 0 bridgehead atoms. The highest BCUT2D eigenvalue weighted by molar-refractivity contribution is 5.86. The molecule has 7 heteroatoms. The Balaban J connectivity index is 1.63. The van der Waals surface area contributed by atoms with Crippen molar-refractivity contribution in [2.45, 2.75) is 38.3 Å². The Kier molecular flexibility index (Phi) is 3.04. The lowest BCUT2D eigenvalue weighted by molar-refractivity contribution is 0.238. The zero-order valence-corrected chi connectivity index (χ0v) is 12.3. The number of hydrazine groups is 1. The zero-order chi connectivity index (χ0) is 14.4. The van der Waals surface area contributed by atoms with Gasteiger partial charge in [-0.1, -0.05) is 0 Å². The first-order chi connectivity index (χ1) is 10.2. The molecule has 2 heterocycles. The summed E-state index contributed by atoms with van der Waals surface area (Å²) >= 11 is 0. The van der Waals surface area contributed by atoms with Crippen molar-refractivity contribution in [1.29, 1.82) is 0 Å². The maximum absolute atomic E-state index is 5.60. The molecule has 4 rings (SSSR count). The Bertz CT molecular complexity index is 657. The molecule has 0 amide bonds. The lowest BCUT2D eigenvalue weighted by atomic mass is 10.3. The molecule has 7 nitrogen and oxygen atoms in total. The number of rotatable bonds is 6. The number of hydrogen-bond donors (Lipinski definition) is 2. The fraction of sp³-hybridized carbons (Fsp3) is 0.643. The van der Waals surface area contributed by atoms with Crippen molar-refractivity contribution in [3.8, 4) is 0 Å². The van der Waals surface area contributed by atoms with Crippen LogP contribution in [0.1, 0.15) is 31.5 Å². The first kappa shape index (κ1) is 13.0. The number of nitrogens with zero attached hydrogens (tertiary/aromatic N) is 5. The summed E-state index contributed by atoms with van der Waals surface area (Å²) in [6.07, 6.45) is 7.11. The molecule has 0 aromatic carbocycles. The van der Waals surface area contributed by atoms with E-state index in [1.54, 1.807) is 10.9 Å². The molecule has 0 unspecified atom stereocenters. The van der Waals surface area contributed by atoms with Gasteiger partial charge in [0.2, 0.25) is 0 Å². The van der Waals surface area contributed by atoms with Crippen molar-refractivity contribution >= 4 is 16.9 Å². The predicted octanol–water partition coefficient (Wildman–Crippen LogP) is 1.02. The highest BCUT2D eigenvalue weighted by Crippen LogP contribution is 2.35. The van der Waals surface area contributed by atoms with E-state index in [1.165, 1.54) is 32.2 Å². The van der Waals surface area contributed by atoms with Crippen molar-refractivity contribution in [2.24, 2.45) is 18.8 Å². The quantitative estimate of drug-likeness (QED) is 0.609. The second kappa shape index (κ2) is 4.92. The van der Waals surface area contributed by atoms with Crippen LogP contribution in [0.3, 0.4) is 0 Å². The summed E-state index contributed by atoms with van der Waals surface area (Å²) in [5.41, 5.74) is 3.50. The summed E-state index contributed by atoms with van der Waals surface area (Å²) in [7, 11) is 1.89. The van der Waals surface area contributed by atoms with Gasteiger partial charge in [-0.05, 0) is 31.6 Å². The minimum atomic E-state index is 0.658. The molecule has 0 radical (unpaired) electrons. The largest absolute Gasteiger partial charge is 0.308 e. The number of hydrogen-bond acceptors (Lipinski definition) is 6. The number of aromatic nitrogens is 4. The second-order valence-electron chi connectivity index (χ2n) is 6.24. The summed E-state index contributed by atoms with van der Waals surface area (Å²) in [5, 5.41) is 5.10. The zero-order valence-electron chi connectivity index (χ0n) is 12.3. The average Bonchev–Trinajstić information content (AvgIpc) is 3.38. The van der Waals surface area contributed by atoms with Crippen LogP contribution < -0.4 is 11.3 Å². The van der Waals surface area contributed by atoms with E-state index in [0.717, 1.165) is 35.4 Å². The topological polar surface area (TPSA) is 84.9 Å². The minimum Gasteiger partial charge on any atom is -0.308 e. The molecule has 21 heavy (non-hydrogen) atoms. The fourth-order valence-corrected chi connectivity index (χ4v) is 2.84. The third kappa shape index (κ3) is 2.58. The summed E-state index contributed by atoms with van der Waals surface area (Å²) in [5.74, 6) is 7.97. The van der Waals surface area contributed by atoms with Crippen LogP contribution in [-0.2, 0) is 13.6 Å². The minimum absolute atomic E-state index is 0.658. The highest BCUT2D eigenvalue weighted by atomic mass is 15.3. The average molecular weight is 287 g/mol. The highest BCUT2D eigenvalue weighted by Gasteiger charge is 2.34. The number of aryl methyl sites for hydroxylation is 1. The van der Waals surface area contributed by atoms with E-state index in [9.17, 15) is 0 Å². The molecule has 2 aromatic heterocycles. The van der Waals surface area contributed by atoms with Crippen LogP contribution in [0.4, 0.5) is 5.82 Å². The molecule has 0 atom stereocenters. The van der Waals surface area contributed by atoms with Crippen molar-refractivity contribution in [2.75, 3.05) is 12.0 Å². The third-order valence-corrected chi connectivity index (χ3v) is 4.37. The van der Waals surface area contributed by atoms with Crippen molar-refractivity contribution < 1.29 is 0 Å². The van der Waals surface area contributed by atoms with E-state index in [0.29, 0.717) is 5.82 Å². The second-order valence-corrected chi connectivity index (χ2v) is 6.24. The number of anilines is 1. The third-order valence-electron chi connectivity index (χ3n) is 4.37. The molecule has 112 valence electrons. The smallest absolute Gasteiger partial charge is 0.163 e. The molecule has 2 aliphatic rings. The monoisotopic (exact) mass is 287 g/mol. The van der Waals surface area contributed by atoms with Crippen LogP contribution in [0, 0.1) is 5.92 Å². The maximum Gasteiger partial charge on any atom is 0.163 e. The maximum atomic E-state index is 5.60. The van der Waals surface area contributed by atoms with Gasteiger partial charge in [0.1, 0.15) is 5.82 Å². The fourth-order valence-electron chi connectivity index (χ4n) is 2.84. The number of fused-ring (bicyclic) bond motifs is 1. The van der Waals surface area contributed by atoms with E-state index in [-0.39, 0.29) is 0 Å². The van der Waals surface area contributed by atoms with Crippen molar-refractivity contribution in [3.05, 3.63) is 12.0 Å². The van der Waals surface area contributed by atoms with E-state index in [2.05, 4.69) is 25.4 Å². The molecule has 2 saturated carbocycles. The van der Waals surface area contributed by atoms with E-state index in [1.807, 2.05) is 7.05 Å². The molecule has 0 aliphatic heterocycles. The Hall–Kier alpha value is -1.73. The number of nitrogen functional groups attached to an aromatic ring is 1. The van der Waals surface area contributed by atoms with E-state index < -0.39 is 0 Å². The van der Waals surface area contributed by atoms with Gasteiger partial charge in [-0.3, -0.25) is 9.58 Å². The number of nitrogens with one attached hydrogen (secondary N) is 1. The van der Waals surface area contributed by atoms with Crippen LogP contribution in [0.25, 0.3) is 11.0 Å². The van der Waals surface area contributed by atoms with Gasteiger partial charge in [-0.2, -0.15) is 5.10 Å². The lowest BCUT2D eigenvalue weighted by Crippen LogP contribution is -2.29. The molecular weight excluding hydrogens is 266 g/mol. The van der Waals surface area contributed by atoms with Gasteiger partial charge in [-0.25, -0.2) is 15.8 Å². The van der Waals surface area contributed by atoms with Crippen LogP contribution in [-0.4, -0.2) is 37.2 Å². The van der Waals surface area contributed by atoms with Gasteiger partial charge in [0.25, 0.3) is 0 Å². The van der Waals surface area contributed by atoms with Crippen LogP contribution >= 0.6 is 0 Å². The van der Waals surface area contributed by atoms with Gasteiger partial charge in [-0.15, -0.1) is 0 Å². The molecule has 2 fully saturated rings. The van der Waals surface area contributed by atoms with Crippen LogP contribution in [0.15, 0.2) is 6.20 Å². The Morgan fingerprint density at radius 3 is 2.81 bits per heavy atom. The Labute approximate surface area is 123 Å². The van der Waals surface area contributed by atoms with Gasteiger partial charge in [0, 0.05) is 19.6 Å². The van der Waals surface area contributed by atoms with Crippen molar-refractivity contribution in [1.82, 2.24) is 24.6 Å². The molecular formula is C14H21N7. The molecule has 3 N–H and O–H groups in total. The Morgan fingerprint density at radius 1 is 1.33 bits per heavy atom. The summed E-state index contributed by atoms with van der Waals surface area (Å²) < 4.78 is 1.77. The standard InChI is InChI=1S/C14H21N7/c1-20-14-11(6-16-20)13(19-15)17-12(18-14)8-21(10-4-5-10)7-9-2-3-9/h6,9-10H,2-5,7-8,15H2,1H3,(H,17,18,19). The van der Waals surface area contributed by atoms with Gasteiger partial charge in [0.15, 0.2) is 11.5 Å². The van der Waals surface area contributed by atoms with Crippen LogP contribution in [0.5, 0.6) is 0 Å². The molecule has 0 spiro atoms. The van der Waals surface area contributed by atoms with Gasteiger partial charge in [0.05, 0.1) is 18.1 Å². The van der Waals surface area contributed by atoms with Crippen LogP contribution in [0.2, 0.25) is 0 Å². The SMILES string of the molecule is Cn1ncc2c(NN)nc(CN(CC3CC3)C3CC3)nc21. The van der Waals surface area contributed by atoms with Gasteiger partial charge < -0.3 is 5.43 Å². The summed E-state index contributed by atoms with van der Waals surface area (Å²) in [4.78, 5) is 11.8. The van der Waals surface area contributed by atoms with Crippen molar-refractivity contribution in [3.63, 3.8) is 0 Å². The first-order valence-corrected chi connectivity index (χ1v) is 7.64. The number of nitrogens with two attached hydrogens (primary N) is 1. The molecule has 2 aromatic rings. The van der Waals surface area contributed by atoms with E-state index >= 15 is 0 Å². The first-order valence-electron chi connectivity index (χ1n) is 7.64. The van der Waals surface area contributed by atoms with Gasteiger partial charge >= 0.3 is 0 Å².